The number of para-hydroxylation sites is 1. The maximum absolute atomic E-state index is 10.7. The molecule has 26 heavy (non-hydrogen) atoms. The van der Waals surface area contributed by atoms with Crippen LogP contribution in [0.25, 0.3) is 0 Å². The van der Waals surface area contributed by atoms with Crippen molar-refractivity contribution in [1.29, 1.82) is 5.26 Å². The zero-order valence-electron chi connectivity index (χ0n) is 13.2. The average molecular weight is 365 g/mol. The minimum atomic E-state index is -0.507. The van der Waals surface area contributed by atoms with Crippen LogP contribution in [0, 0.1) is 21.4 Å². The molecule has 0 aliphatic carbocycles. The number of nitrogens with one attached hydrogen (secondary N) is 1. The lowest BCUT2D eigenvalue weighted by molar-refractivity contribution is -0.384. The van der Waals surface area contributed by atoms with Crippen molar-refractivity contribution in [3.63, 3.8) is 0 Å². The predicted octanol–water partition coefficient (Wildman–Crippen LogP) is 5.39. The lowest BCUT2D eigenvalue weighted by Gasteiger charge is -2.03. The molecule has 2 aromatic carbocycles. The Bertz CT molecular complexity index is 1010. The van der Waals surface area contributed by atoms with E-state index in [2.05, 4.69) is 15.5 Å². The summed E-state index contributed by atoms with van der Waals surface area (Å²) in [5.74, 6) is -0.262. The van der Waals surface area contributed by atoms with Crippen molar-refractivity contribution in [3.05, 3.63) is 69.6 Å². The van der Waals surface area contributed by atoms with Crippen LogP contribution >= 0.6 is 11.3 Å². The molecule has 0 fully saturated rings. The smallest absolute Gasteiger partial charge is 0.269 e. The monoisotopic (exact) mass is 365 g/mol. The number of nitro groups is 1. The van der Waals surface area contributed by atoms with Gasteiger partial charge in [0.25, 0.3) is 5.69 Å². The molecule has 1 aromatic heterocycles. The number of thiophene rings is 1. The summed E-state index contributed by atoms with van der Waals surface area (Å²) in [6.45, 7) is 0. The Kier molecular flexibility index (Phi) is 4.87. The van der Waals surface area contributed by atoms with Crippen molar-refractivity contribution >= 4 is 39.1 Å². The molecule has 2 N–H and O–H groups in total. The highest BCUT2D eigenvalue weighted by Gasteiger charge is 2.18. The van der Waals surface area contributed by atoms with Gasteiger partial charge < -0.3 is 10.4 Å². The van der Waals surface area contributed by atoms with E-state index in [1.165, 1.54) is 24.3 Å². The predicted molar refractivity (Wildman–Crippen MR) is 97.7 cm³/mol. The Morgan fingerprint density at radius 2 is 1.81 bits per heavy atom. The second-order valence-corrected chi connectivity index (χ2v) is 6.05. The molecule has 0 saturated carbocycles. The summed E-state index contributed by atoms with van der Waals surface area (Å²) < 4.78 is 0. The molecule has 0 atom stereocenters. The number of benzene rings is 2. The molecule has 8 nitrogen and oxygen atoms in total. The number of rotatable bonds is 5. The largest absolute Gasteiger partial charge is 0.504 e. The second kappa shape index (κ2) is 7.42. The fraction of sp³-hybridized carbons (Fsp3) is 0. The lowest BCUT2D eigenvalue weighted by Crippen LogP contribution is -1.86. The van der Waals surface area contributed by atoms with E-state index in [0.717, 1.165) is 17.0 Å². The van der Waals surface area contributed by atoms with Gasteiger partial charge in [-0.2, -0.15) is 10.4 Å². The van der Waals surface area contributed by atoms with Crippen LogP contribution in [0.15, 0.2) is 64.8 Å². The van der Waals surface area contributed by atoms with Crippen molar-refractivity contribution in [2.24, 2.45) is 10.2 Å². The third kappa shape index (κ3) is 3.66. The Morgan fingerprint density at radius 3 is 2.42 bits per heavy atom. The molecule has 0 spiro atoms. The molecule has 0 unspecified atom stereocenters. The van der Waals surface area contributed by atoms with Gasteiger partial charge >= 0.3 is 0 Å². The highest BCUT2D eigenvalue weighted by atomic mass is 32.1. The van der Waals surface area contributed by atoms with E-state index in [4.69, 9.17) is 5.26 Å². The maximum Gasteiger partial charge on any atom is 0.269 e. The Hall–Kier alpha value is -3.77. The first-order valence-electron chi connectivity index (χ1n) is 7.32. The molecular formula is C17H11N5O3S. The molecule has 3 aromatic rings. The summed E-state index contributed by atoms with van der Waals surface area (Å²) in [7, 11) is 0. The minimum Gasteiger partial charge on any atom is -0.504 e. The SMILES string of the molecule is N#Cc1sc(Nc2ccccc2)c(N=Nc2ccc([N+](=O)[O-])cc2)c1O. The molecule has 1 heterocycles. The topological polar surface area (TPSA) is 124 Å². The van der Waals surface area contributed by atoms with E-state index in [0.29, 0.717) is 10.7 Å². The first-order chi connectivity index (χ1) is 12.6. The number of nitro benzene ring substituents is 1. The van der Waals surface area contributed by atoms with Crippen molar-refractivity contribution in [2.45, 2.75) is 0 Å². The van der Waals surface area contributed by atoms with Crippen molar-refractivity contribution in [3.8, 4) is 11.8 Å². The van der Waals surface area contributed by atoms with Crippen LogP contribution in [-0.2, 0) is 0 Å². The lowest BCUT2D eigenvalue weighted by atomic mass is 10.3. The van der Waals surface area contributed by atoms with E-state index < -0.39 is 4.92 Å². The Balaban J connectivity index is 1.92. The highest BCUT2D eigenvalue weighted by molar-refractivity contribution is 7.17. The Labute approximate surface area is 151 Å². The normalized spacial score (nSPS) is 10.6. The van der Waals surface area contributed by atoms with Crippen LogP contribution in [0.1, 0.15) is 4.88 Å². The quantitative estimate of drug-likeness (QED) is 0.356. The molecule has 0 bridgehead atoms. The zero-order valence-corrected chi connectivity index (χ0v) is 14.0. The van der Waals surface area contributed by atoms with Gasteiger partial charge in [-0.15, -0.1) is 16.5 Å². The number of nitrogens with zero attached hydrogens (tertiary/aromatic N) is 4. The number of anilines is 2. The molecule has 0 radical (unpaired) electrons. The molecule has 0 saturated heterocycles. The van der Waals surface area contributed by atoms with Crippen LogP contribution in [0.3, 0.4) is 0 Å². The third-order valence-electron chi connectivity index (χ3n) is 3.32. The fourth-order valence-electron chi connectivity index (χ4n) is 2.07. The minimum absolute atomic E-state index is 0.0551. The van der Waals surface area contributed by atoms with Crippen LogP contribution in [0.4, 0.5) is 27.8 Å². The van der Waals surface area contributed by atoms with Gasteiger partial charge in [-0.25, -0.2) is 0 Å². The number of aromatic hydroxyl groups is 1. The van der Waals surface area contributed by atoms with Crippen LogP contribution in [-0.4, -0.2) is 10.0 Å². The Morgan fingerprint density at radius 1 is 1.12 bits per heavy atom. The number of hydrogen-bond acceptors (Lipinski definition) is 8. The molecular weight excluding hydrogens is 354 g/mol. The number of non-ortho nitro benzene ring substituents is 1. The second-order valence-electron chi connectivity index (χ2n) is 5.03. The molecule has 128 valence electrons. The van der Waals surface area contributed by atoms with Crippen molar-refractivity contribution in [2.75, 3.05) is 5.32 Å². The van der Waals surface area contributed by atoms with Crippen molar-refractivity contribution in [1.82, 2.24) is 0 Å². The fourth-order valence-corrected chi connectivity index (χ4v) is 2.91. The molecule has 0 aliphatic rings. The van der Waals surface area contributed by atoms with Crippen LogP contribution in [0.5, 0.6) is 5.75 Å². The van der Waals surface area contributed by atoms with Gasteiger partial charge in [-0.1, -0.05) is 18.2 Å². The number of azo groups is 1. The molecule has 0 amide bonds. The molecule has 9 heteroatoms. The van der Waals surface area contributed by atoms with E-state index >= 15 is 0 Å². The van der Waals surface area contributed by atoms with Gasteiger partial charge in [-0.3, -0.25) is 10.1 Å². The average Bonchev–Trinajstić information content (AvgIpc) is 2.96. The molecule has 3 rings (SSSR count). The first kappa shape index (κ1) is 17.1. The van der Waals surface area contributed by atoms with E-state index in [1.54, 1.807) is 0 Å². The van der Waals surface area contributed by atoms with Gasteiger partial charge in [0.15, 0.2) is 16.3 Å². The summed E-state index contributed by atoms with van der Waals surface area (Å²) in [6.07, 6.45) is 0. The van der Waals surface area contributed by atoms with Crippen LogP contribution in [0.2, 0.25) is 0 Å². The summed E-state index contributed by atoms with van der Waals surface area (Å²) in [5, 5.41) is 41.6. The van der Waals surface area contributed by atoms with Crippen LogP contribution < -0.4 is 5.32 Å². The standard InChI is InChI=1S/C17H11N5O3S/c18-10-14-16(23)15(17(26-14)19-11-4-2-1-3-5-11)21-20-12-6-8-13(9-7-12)22(24)25/h1-9,19,23H. The van der Waals surface area contributed by atoms with Gasteiger partial charge in [0.1, 0.15) is 11.1 Å². The van der Waals surface area contributed by atoms with Gasteiger partial charge in [0, 0.05) is 17.8 Å². The summed E-state index contributed by atoms with van der Waals surface area (Å²) in [4.78, 5) is 10.3. The third-order valence-corrected chi connectivity index (χ3v) is 4.31. The highest BCUT2D eigenvalue weighted by Crippen LogP contribution is 2.46. The van der Waals surface area contributed by atoms with Gasteiger partial charge in [0.05, 0.1) is 10.6 Å². The zero-order chi connectivity index (χ0) is 18.5. The summed E-state index contributed by atoms with van der Waals surface area (Å²) >= 11 is 1.06. The maximum atomic E-state index is 10.7. The first-order valence-corrected chi connectivity index (χ1v) is 8.14. The number of hydrogen-bond donors (Lipinski definition) is 2. The van der Waals surface area contributed by atoms with Gasteiger partial charge in [-0.05, 0) is 24.3 Å². The number of nitriles is 1. The summed E-state index contributed by atoms with van der Waals surface area (Å²) in [6, 6.07) is 16.7. The van der Waals surface area contributed by atoms with E-state index in [9.17, 15) is 15.2 Å². The van der Waals surface area contributed by atoms with Crippen molar-refractivity contribution < 1.29 is 10.0 Å². The van der Waals surface area contributed by atoms with Gasteiger partial charge in [0.2, 0.25) is 0 Å². The van der Waals surface area contributed by atoms with E-state index in [-0.39, 0.29) is 22.0 Å². The summed E-state index contributed by atoms with van der Waals surface area (Å²) in [5.41, 5.74) is 1.23. The van der Waals surface area contributed by atoms with E-state index in [1.807, 2.05) is 36.4 Å². The molecule has 0 aliphatic heterocycles.